The summed E-state index contributed by atoms with van der Waals surface area (Å²) in [4.78, 5) is 10.4. The van der Waals surface area contributed by atoms with Crippen molar-refractivity contribution < 1.29 is 14.6 Å². The van der Waals surface area contributed by atoms with Crippen molar-refractivity contribution in [1.29, 1.82) is 0 Å². The second-order valence-electron chi connectivity index (χ2n) is 3.56. The van der Waals surface area contributed by atoms with Gasteiger partial charge in [-0.1, -0.05) is 36.4 Å². The molecule has 0 radical (unpaired) electrons. The highest BCUT2D eigenvalue weighted by molar-refractivity contribution is 5.97. The molecule has 0 saturated carbocycles. The van der Waals surface area contributed by atoms with Gasteiger partial charge < -0.3 is 14.6 Å². The molecular weight excluding hydrogens is 216 g/mol. The van der Waals surface area contributed by atoms with E-state index in [1.807, 2.05) is 36.4 Å². The predicted molar refractivity (Wildman–Crippen MR) is 64.5 cm³/mol. The second-order valence-corrected chi connectivity index (χ2v) is 3.56. The number of aliphatic carboxylic acids is 1. The van der Waals surface area contributed by atoms with Crippen LogP contribution in [0.15, 0.2) is 42.5 Å². The molecule has 2 aromatic rings. The molecule has 0 aliphatic carbocycles. The summed E-state index contributed by atoms with van der Waals surface area (Å²) in [6.07, 6.45) is 2.55. The van der Waals surface area contributed by atoms with E-state index in [0.717, 1.165) is 28.2 Å². The average Bonchev–Trinajstić information content (AvgIpc) is 2.35. The van der Waals surface area contributed by atoms with E-state index in [-0.39, 0.29) is 0 Å². The topological polar surface area (TPSA) is 49.4 Å². The van der Waals surface area contributed by atoms with Crippen LogP contribution >= 0.6 is 0 Å². The van der Waals surface area contributed by atoms with Crippen LogP contribution < -0.4 is 9.84 Å². The van der Waals surface area contributed by atoms with Crippen molar-refractivity contribution in [1.82, 2.24) is 0 Å². The van der Waals surface area contributed by atoms with Crippen molar-refractivity contribution in [2.75, 3.05) is 7.11 Å². The minimum absolute atomic E-state index is 0.770. The van der Waals surface area contributed by atoms with Gasteiger partial charge in [0.05, 0.1) is 13.1 Å². The maximum atomic E-state index is 10.4. The molecule has 3 nitrogen and oxygen atoms in total. The van der Waals surface area contributed by atoms with E-state index >= 15 is 0 Å². The van der Waals surface area contributed by atoms with Gasteiger partial charge in [-0.25, -0.2) is 0 Å². The second kappa shape index (κ2) is 4.70. The number of ether oxygens (including phenoxy) is 1. The molecule has 0 heterocycles. The van der Waals surface area contributed by atoms with Crippen LogP contribution in [0.25, 0.3) is 16.8 Å². The first kappa shape index (κ1) is 11.2. The van der Waals surface area contributed by atoms with Crippen molar-refractivity contribution in [2.45, 2.75) is 0 Å². The van der Waals surface area contributed by atoms with Gasteiger partial charge in [-0.05, 0) is 23.1 Å². The van der Waals surface area contributed by atoms with E-state index < -0.39 is 5.97 Å². The lowest BCUT2D eigenvalue weighted by atomic mass is 10.0. The number of rotatable bonds is 3. The quantitative estimate of drug-likeness (QED) is 0.748. The first-order valence-electron chi connectivity index (χ1n) is 5.17. The molecule has 86 valence electrons. The lowest BCUT2D eigenvalue weighted by molar-refractivity contribution is -0.297. The molecule has 0 fully saturated rings. The van der Waals surface area contributed by atoms with Gasteiger partial charge >= 0.3 is 0 Å². The molecule has 0 amide bonds. The third-order valence-electron chi connectivity index (χ3n) is 2.54. The minimum Gasteiger partial charge on any atom is -0.545 e. The van der Waals surface area contributed by atoms with Gasteiger partial charge in [0.2, 0.25) is 0 Å². The Balaban J connectivity index is 2.62. The predicted octanol–water partition coefficient (Wildman–Crippen LogP) is 1.61. The summed E-state index contributed by atoms with van der Waals surface area (Å²) in [6, 6.07) is 11.3. The number of carboxylic acid groups (broad SMARTS) is 1. The molecule has 3 heteroatoms. The number of hydrogen-bond donors (Lipinski definition) is 0. The molecular formula is C14H11O3-. The Bertz CT molecular complexity index is 585. The fraction of sp³-hybridized carbons (Fsp3) is 0.0714. The number of benzene rings is 2. The standard InChI is InChI=1S/C14H12O3/c1-17-13-8-6-10(7-9-14(15)16)11-4-2-3-5-12(11)13/h2-9H,1H3,(H,15,16)/p-1/b9-7+. The fourth-order valence-electron chi connectivity index (χ4n) is 1.78. The summed E-state index contributed by atoms with van der Waals surface area (Å²) >= 11 is 0. The molecule has 17 heavy (non-hydrogen) atoms. The molecule has 2 aromatic carbocycles. The first-order chi connectivity index (χ1) is 8.22. The van der Waals surface area contributed by atoms with Gasteiger partial charge in [0, 0.05) is 5.39 Å². The highest BCUT2D eigenvalue weighted by atomic mass is 16.5. The van der Waals surface area contributed by atoms with Gasteiger partial charge in [0.15, 0.2) is 0 Å². The summed E-state index contributed by atoms with van der Waals surface area (Å²) in [5, 5.41) is 12.3. The maximum absolute atomic E-state index is 10.4. The van der Waals surface area contributed by atoms with E-state index in [1.54, 1.807) is 7.11 Å². The molecule has 0 spiro atoms. The third kappa shape index (κ3) is 2.28. The van der Waals surface area contributed by atoms with Gasteiger partial charge in [-0.3, -0.25) is 0 Å². The monoisotopic (exact) mass is 227 g/mol. The van der Waals surface area contributed by atoms with Gasteiger partial charge in [0.25, 0.3) is 0 Å². The van der Waals surface area contributed by atoms with Crippen LogP contribution in [0.1, 0.15) is 5.56 Å². The largest absolute Gasteiger partial charge is 0.545 e. The zero-order valence-corrected chi connectivity index (χ0v) is 9.34. The maximum Gasteiger partial charge on any atom is 0.126 e. The van der Waals surface area contributed by atoms with Gasteiger partial charge in [0.1, 0.15) is 5.75 Å². The smallest absolute Gasteiger partial charge is 0.126 e. The number of methoxy groups -OCH3 is 1. The molecule has 0 unspecified atom stereocenters. The summed E-state index contributed by atoms with van der Waals surface area (Å²) in [5.41, 5.74) is 0.825. The molecule has 0 aliphatic rings. The van der Waals surface area contributed by atoms with Crippen LogP contribution in [0.2, 0.25) is 0 Å². The lowest BCUT2D eigenvalue weighted by Crippen LogP contribution is -2.18. The summed E-state index contributed by atoms with van der Waals surface area (Å²) in [6.45, 7) is 0. The van der Waals surface area contributed by atoms with E-state index in [1.165, 1.54) is 6.08 Å². The molecule has 0 aromatic heterocycles. The Hall–Kier alpha value is -2.29. The van der Waals surface area contributed by atoms with Crippen molar-refractivity contribution in [2.24, 2.45) is 0 Å². The number of carboxylic acids is 1. The van der Waals surface area contributed by atoms with Crippen LogP contribution in [0.4, 0.5) is 0 Å². The third-order valence-corrected chi connectivity index (χ3v) is 2.54. The number of fused-ring (bicyclic) bond motifs is 1. The summed E-state index contributed by atoms with van der Waals surface area (Å²) in [7, 11) is 1.61. The summed E-state index contributed by atoms with van der Waals surface area (Å²) in [5.74, 6) is -0.434. The Morgan fingerprint density at radius 3 is 2.53 bits per heavy atom. The average molecular weight is 227 g/mol. The van der Waals surface area contributed by atoms with Gasteiger partial charge in [-0.2, -0.15) is 0 Å². The highest BCUT2D eigenvalue weighted by Gasteiger charge is 2.03. The Kier molecular flexibility index (Phi) is 3.10. The summed E-state index contributed by atoms with van der Waals surface area (Å²) < 4.78 is 5.26. The van der Waals surface area contributed by atoms with Gasteiger partial charge in [-0.15, -0.1) is 0 Å². The molecule has 0 N–H and O–H groups in total. The molecule has 2 rings (SSSR count). The minimum atomic E-state index is -1.20. The lowest BCUT2D eigenvalue weighted by Gasteiger charge is -2.07. The Morgan fingerprint density at radius 1 is 1.18 bits per heavy atom. The zero-order chi connectivity index (χ0) is 12.3. The highest BCUT2D eigenvalue weighted by Crippen LogP contribution is 2.28. The molecule has 0 atom stereocenters. The Labute approximate surface area is 99.0 Å². The SMILES string of the molecule is COc1ccc(/C=C/C(=O)[O-])c2ccccc12. The van der Waals surface area contributed by atoms with E-state index in [9.17, 15) is 9.90 Å². The number of carbonyl (C=O) groups excluding carboxylic acids is 1. The van der Waals surface area contributed by atoms with Crippen LogP contribution in [0.3, 0.4) is 0 Å². The first-order valence-corrected chi connectivity index (χ1v) is 5.17. The van der Waals surface area contributed by atoms with Crippen LogP contribution in [-0.2, 0) is 4.79 Å². The van der Waals surface area contributed by atoms with E-state index in [0.29, 0.717) is 0 Å². The Morgan fingerprint density at radius 2 is 1.88 bits per heavy atom. The van der Waals surface area contributed by atoms with Crippen LogP contribution in [0, 0.1) is 0 Å². The number of carbonyl (C=O) groups is 1. The van der Waals surface area contributed by atoms with E-state index in [2.05, 4.69) is 0 Å². The molecule has 0 saturated heterocycles. The van der Waals surface area contributed by atoms with Crippen molar-refractivity contribution in [3.8, 4) is 5.75 Å². The van der Waals surface area contributed by atoms with Crippen molar-refractivity contribution in [3.63, 3.8) is 0 Å². The molecule has 0 bridgehead atoms. The normalized spacial score (nSPS) is 10.9. The van der Waals surface area contributed by atoms with Crippen molar-refractivity contribution >= 4 is 22.8 Å². The van der Waals surface area contributed by atoms with Crippen LogP contribution in [0.5, 0.6) is 5.75 Å². The van der Waals surface area contributed by atoms with Crippen molar-refractivity contribution in [3.05, 3.63) is 48.0 Å². The van der Waals surface area contributed by atoms with E-state index in [4.69, 9.17) is 4.74 Å². The number of hydrogen-bond acceptors (Lipinski definition) is 3. The molecule has 0 aliphatic heterocycles. The zero-order valence-electron chi connectivity index (χ0n) is 9.34. The fourth-order valence-corrected chi connectivity index (χ4v) is 1.78. The van der Waals surface area contributed by atoms with Crippen LogP contribution in [-0.4, -0.2) is 13.1 Å².